The third-order valence-electron chi connectivity index (χ3n) is 2.25. The number of hydrogen-bond acceptors (Lipinski definition) is 15. The van der Waals surface area contributed by atoms with E-state index < -0.39 is 0 Å². The average Bonchev–Trinajstić information content (AvgIpc) is 3.29. The number of nitrogen functional groups attached to an aromatic ring is 2. The number of aromatic amines is 2. The van der Waals surface area contributed by atoms with Crippen molar-refractivity contribution in [1.29, 1.82) is 0 Å². The Labute approximate surface area is 124 Å². The van der Waals surface area contributed by atoms with E-state index in [9.17, 15) is 5.21 Å². The van der Waals surface area contributed by atoms with Gasteiger partial charge in [-0.1, -0.05) is 10.0 Å². The first-order valence-electron chi connectivity index (χ1n) is 5.53. The van der Waals surface area contributed by atoms with Crippen LogP contribution in [0.15, 0.2) is 37.3 Å². The first-order chi connectivity index (χ1) is 11.2. The molecule has 6 N–H and O–H groups in total. The highest BCUT2D eigenvalue weighted by molar-refractivity contribution is 6.10. The topological polar surface area (TPSA) is 249 Å². The van der Waals surface area contributed by atoms with Gasteiger partial charge in [-0.3, -0.25) is 10.8 Å². The summed E-state index contributed by atoms with van der Waals surface area (Å²) in [5.41, 5.74) is 5.05. The zero-order chi connectivity index (χ0) is 16.2. The molecule has 18 heteroatoms. The third-order valence-corrected chi connectivity index (χ3v) is 2.25. The first kappa shape index (κ1) is 13.9. The summed E-state index contributed by atoms with van der Waals surface area (Å²) < 4.78 is 0. The van der Waals surface area contributed by atoms with E-state index in [-0.39, 0.29) is 34.2 Å². The quantitative estimate of drug-likeness (QED) is 0.306. The Morgan fingerprint density at radius 3 is 2.48 bits per heavy atom. The Hall–Kier alpha value is -4.09. The predicted octanol–water partition coefficient (Wildman–Crippen LogP) is -2.96. The van der Waals surface area contributed by atoms with E-state index in [4.69, 9.17) is 11.6 Å². The van der Waals surface area contributed by atoms with Crippen LogP contribution in [-0.4, -0.2) is 47.1 Å². The van der Waals surface area contributed by atoms with Gasteiger partial charge in [-0.05, 0) is 20.8 Å². The summed E-state index contributed by atoms with van der Waals surface area (Å²) in [5.74, 6) is 5.27. The Bertz CT molecular complexity index is 766. The number of nitrogens with one attached hydrogen (secondary N) is 2. The van der Waals surface area contributed by atoms with Crippen molar-refractivity contribution in [2.24, 2.45) is 25.8 Å². The number of anilines is 1. The van der Waals surface area contributed by atoms with Gasteiger partial charge >= 0.3 is 5.95 Å². The lowest BCUT2D eigenvalue weighted by Crippen LogP contribution is -2.48. The normalized spacial score (nSPS) is 15.5. The molecule has 0 amide bonds. The van der Waals surface area contributed by atoms with Gasteiger partial charge in [0.2, 0.25) is 11.6 Å². The van der Waals surface area contributed by atoms with Gasteiger partial charge in [0.25, 0.3) is 0 Å². The van der Waals surface area contributed by atoms with Gasteiger partial charge in [0.1, 0.15) is 10.9 Å². The molecule has 0 fully saturated rings. The van der Waals surface area contributed by atoms with Gasteiger partial charge in [-0.15, -0.1) is 20.4 Å². The summed E-state index contributed by atoms with van der Waals surface area (Å²) >= 11 is 0. The summed E-state index contributed by atoms with van der Waals surface area (Å²) in [6.07, 6.45) is 0. The molecule has 0 radical (unpaired) electrons. The van der Waals surface area contributed by atoms with Gasteiger partial charge in [0.05, 0.1) is 5.10 Å². The number of rotatable bonds is 1. The van der Waals surface area contributed by atoms with E-state index in [0.717, 1.165) is 4.79 Å². The molecule has 2 aromatic heterocycles. The lowest BCUT2D eigenvalue weighted by molar-refractivity contribution is -0.687. The number of aromatic nitrogens is 8. The second-order valence-corrected chi connectivity index (χ2v) is 3.59. The van der Waals surface area contributed by atoms with Crippen LogP contribution in [-0.2, 0) is 4.94 Å². The Morgan fingerprint density at radius 1 is 1.17 bits per heavy atom. The van der Waals surface area contributed by atoms with Crippen LogP contribution in [0.4, 0.5) is 5.95 Å². The SMILES string of the molecule is Nc1nn[nH][n+]1N.[O-]N1ON=C(c2nn[nH]n2)C1=C1N=NN=N1. The fourth-order valence-corrected chi connectivity index (χ4v) is 1.31. The number of hydrogen-bond donors (Lipinski definition) is 4. The van der Waals surface area contributed by atoms with Crippen LogP contribution < -0.4 is 16.4 Å². The van der Waals surface area contributed by atoms with Crippen molar-refractivity contribution < 1.29 is 9.73 Å². The molecule has 118 valence electrons. The number of hydroxylamine groups is 2. The van der Waals surface area contributed by atoms with E-state index in [1.165, 1.54) is 0 Å². The second-order valence-electron chi connectivity index (χ2n) is 3.59. The lowest BCUT2D eigenvalue weighted by atomic mass is 10.2. The molecule has 2 aliphatic rings. The molecule has 2 aromatic rings. The summed E-state index contributed by atoms with van der Waals surface area (Å²) in [4.78, 5) is 5.41. The molecule has 18 nitrogen and oxygen atoms in total. The fraction of sp³-hybridized carbons (Fsp3) is 0. The molecule has 2 aliphatic heterocycles. The summed E-state index contributed by atoms with van der Waals surface area (Å²) in [6.45, 7) is 0. The maximum Gasteiger partial charge on any atom is 0.418 e. The Balaban J connectivity index is 0.000000188. The maximum absolute atomic E-state index is 11.3. The van der Waals surface area contributed by atoms with Gasteiger partial charge in [-0.2, -0.15) is 5.21 Å². The zero-order valence-electron chi connectivity index (χ0n) is 10.8. The van der Waals surface area contributed by atoms with Crippen molar-refractivity contribution in [1.82, 2.24) is 41.4 Å². The molecule has 4 rings (SSSR count). The highest BCUT2D eigenvalue weighted by atomic mass is 17.0. The van der Waals surface area contributed by atoms with E-state index in [0.29, 0.717) is 0 Å². The highest BCUT2D eigenvalue weighted by Crippen LogP contribution is 2.25. The molecule has 0 unspecified atom stereocenters. The van der Waals surface area contributed by atoms with Crippen molar-refractivity contribution >= 4 is 11.7 Å². The van der Waals surface area contributed by atoms with Crippen molar-refractivity contribution in [3.63, 3.8) is 0 Å². The summed E-state index contributed by atoms with van der Waals surface area (Å²) in [5, 5.41) is 50.1. The zero-order valence-corrected chi connectivity index (χ0v) is 10.8. The first-order valence-corrected chi connectivity index (χ1v) is 5.53. The van der Waals surface area contributed by atoms with Crippen LogP contribution in [0.25, 0.3) is 0 Å². The molecule has 0 atom stereocenters. The molecule has 23 heavy (non-hydrogen) atoms. The standard InChI is InChI=1S/C4HN10O2.CH4N6/c15-14-2(4-7-12-13-8-4)1(9-16-14)3-5-10-11-6-3;2-1-4-5-6-7(1)3/h(H,5,6,10,11);3H2,(H2,2,4,6)/q-1;/p+1. The van der Waals surface area contributed by atoms with Crippen molar-refractivity contribution in [3.05, 3.63) is 22.5 Å². The second kappa shape index (κ2) is 5.72. The van der Waals surface area contributed by atoms with Gasteiger partial charge in [0, 0.05) is 0 Å². The van der Waals surface area contributed by atoms with Gasteiger partial charge < -0.3 is 10.9 Å². The highest BCUT2D eigenvalue weighted by Gasteiger charge is 2.29. The largest absolute Gasteiger partial charge is 0.722 e. The molecular formula is C5H6N16O2. The van der Waals surface area contributed by atoms with Crippen LogP contribution >= 0.6 is 0 Å². The molecule has 0 saturated heterocycles. The Morgan fingerprint density at radius 2 is 1.96 bits per heavy atom. The van der Waals surface area contributed by atoms with E-state index in [2.05, 4.69) is 66.9 Å². The minimum Gasteiger partial charge on any atom is -0.722 e. The summed E-state index contributed by atoms with van der Waals surface area (Å²) in [7, 11) is 0. The molecule has 0 spiro atoms. The van der Waals surface area contributed by atoms with E-state index in [1.807, 2.05) is 0 Å². The molecule has 0 saturated carbocycles. The molecule has 0 aromatic carbocycles. The third kappa shape index (κ3) is 2.71. The predicted molar refractivity (Wildman–Crippen MR) is 64.9 cm³/mol. The number of tetrazole rings is 2. The number of nitrogens with zero attached hydrogens (tertiary/aromatic N) is 12. The van der Waals surface area contributed by atoms with Crippen molar-refractivity contribution in [2.45, 2.75) is 0 Å². The number of oxime groups is 1. The fourth-order valence-electron chi connectivity index (χ4n) is 1.31. The van der Waals surface area contributed by atoms with Gasteiger partial charge in [0.15, 0.2) is 5.71 Å². The van der Waals surface area contributed by atoms with Crippen LogP contribution in [0, 0.1) is 5.21 Å². The maximum atomic E-state index is 11.3. The smallest absolute Gasteiger partial charge is 0.418 e. The van der Waals surface area contributed by atoms with Crippen molar-refractivity contribution in [2.75, 3.05) is 11.6 Å². The minimum atomic E-state index is -0.0774. The molecule has 4 heterocycles. The summed E-state index contributed by atoms with van der Waals surface area (Å²) in [6, 6.07) is 0. The van der Waals surface area contributed by atoms with Crippen LogP contribution in [0.1, 0.15) is 5.82 Å². The van der Waals surface area contributed by atoms with Crippen LogP contribution in [0.2, 0.25) is 0 Å². The van der Waals surface area contributed by atoms with Crippen LogP contribution in [0.5, 0.6) is 0 Å². The molecule has 0 bridgehead atoms. The van der Waals surface area contributed by atoms with Crippen molar-refractivity contribution in [3.8, 4) is 0 Å². The number of allylic oxidation sites excluding steroid dienone is 1. The number of H-pyrrole nitrogens is 2. The van der Waals surface area contributed by atoms with E-state index in [1.54, 1.807) is 0 Å². The monoisotopic (exact) mass is 322 g/mol. The van der Waals surface area contributed by atoms with E-state index >= 15 is 0 Å². The molecule has 0 aliphatic carbocycles. The lowest BCUT2D eigenvalue weighted by Gasteiger charge is -2.19. The average molecular weight is 322 g/mol. The van der Waals surface area contributed by atoms with Gasteiger partial charge in [-0.25, -0.2) is 5.23 Å². The molecular weight excluding hydrogens is 316 g/mol. The van der Waals surface area contributed by atoms with Crippen LogP contribution in [0.3, 0.4) is 0 Å². The minimum absolute atomic E-state index is 0.0314. The number of nitrogens with two attached hydrogens (primary N) is 2. The Kier molecular flexibility index (Phi) is 3.45.